The van der Waals surface area contributed by atoms with E-state index in [0.29, 0.717) is 48.7 Å². The van der Waals surface area contributed by atoms with Gasteiger partial charge in [0.25, 0.3) is 11.8 Å². The second kappa shape index (κ2) is 14.0. The number of fused-ring (bicyclic) bond motifs is 3. The van der Waals surface area contributed by atoms with E-state index in [1.807, 2.05) is 96.0 Å². The van der Waals surface area contributed by atoms with E-state index in [4.69, 9.17) is 14.2 Å². The van der Waals surface area contributed by atoms with Crippen LogP contribution in [0.15, 0.2) is 103 Å². The number of nitrogens with zero attached hydrogens (tertiary/aromatic N) is 5. The monoisotopic (exact) mass is 727 g/mol. The van der Waals surface area contributed by atoms with E-state index in [2.05, 4.69) is 43.2 Å². The van der Waals surface area contributed by atoms with Gasteiger partial charge in [-0.1, -0.05) is 80.6 Å². The molecule has 11 nitrogen and oxygen atoms in total. The SMILES string of the molecule is COc1ccc(C(C)(C)[C@H]2[C@H](CCn3cc(CCO)nn3)O[C@@]3(C(=O)N(Cc4ccccc4)c4ccc(N5C(=O)COc6ccccc65)cc43)[C@@H]2C)cc1. The molecule has 0 unspecified atom stereocenters. The van der Waals surface area contributed by atoms with Crippen molar-refractivity contribution in [3.8, 4) is 11.5 Å². The number of benzene rings is 4. The van der Waals surface area contributed by atoms with E-state index < -0.39 is 11.0 Å². The van der Waals surface area contributed by atoms with Crippen LogP contribution in [0.25, 0.3) is 0 Å². The summed E-state index contributed by atoms with van der Waals surface area (Å²) in [6.45, 7) is 7.37. The molecule has 11 heteroatoms. The van der Waals surface area contributed by atoms with Gasteiger partial charge in [-0.3, -0.25) is 19.2 Å². The van der Waals surface area contributed by atoms with E-state index in [0.717, 1.165) is 28.1 Å². The fourth-order valence-electron chi connectivity index (χ4n) is 8.96. The van der Waals surface area contributed by atoms with Crippen molar-refractivity contribution < 1.29 is 28.9 Å². The van der Waals surface area contributed by atoms with E-state index in [1.54, 1.807) is 16.7 Å². The third-order valence-electron chi connectivity index (χ3n) is 11.6. The lowest BCUT2D eigenvalue weighted by atomic mass is 9.63. The van der Waals surface area contributed by atoms with Gasteiger partial charge >= 0.3 is 0 Å². The molecule has 4 atom stereocenters. The van der Waals surface area contributed by atoms with Crippen LogP contribution in [-0.2, 0) is 44.9 Å². The van der Waals surface area contributed by atoms with Crippen LogP contribution >= 0.6 is 0 Å². The molecule has 0 saturated carbocycles. The number of carbonyl (C=O) groups excluding carboxylic acids is 2. The zero-order valence-corrected chi connectivity index (χ0v) is 31.0. The normalized spacial score (nSPS) is 22.1. The Hall–Kier alpha value is -5.52. The Labute approximate surface area is 315 Å². The van der Waals surface area contributed by atoms with Gasteiger partial charge in [0, 0.05) is 48.9 Å². The topological polar surface area (TPSA) is 119 Å². The molecular weight excluding hydrogens is 683 g/mol. The highest BCUT2D eigenvalue weighted by molar-refractivity contribution is 6.09. The van der Waals surface area contributed by atoms with Crippen molar-refractivity contribution in [1.29, 1.82) is 0 Å². The maximum absolute atomic E-state index is 15.4. The van der Waals surface area contributed by atoms with Gasteiger partial charge in [-0.25, -0.2) is 0 Å². The summed E-state index contributed by atoms with van der Waals surface area (Å²) < 4.78 is 20.4. The number of rotatable bonds is 11. The highest BCUT2D eigenvalue weighted by Gasteiger charge is 2.66. The molecule has 8 rings (SSSR count). The molecule has 0 bridgehead atoms. The molecule has 0 radical (unpaired) electrons. The molecule has 3 aliphatic rings. The summed E-state index contributed by atoms with van der Waals surface area (Å²) in [5.41, 5.74) is 3.82. The Morgan fingerprint density at radius 1 is 0.963 bits per heavy atom. The predicted octanol–water partition coefficient (Wildman–Crippen LogP) is 6.34. The molecular formula is C43H45N5O6. The molecule has 2 amide bonds. The third-order valence-corrected chi connectivity index (χ3v) is 11.6. The minimum absolute atomic E-state index is 0.00673. The van der Waals surface area contributed by atoms with Crippen LogP contribution in [0, 0.1) is 11.8 Å². The van der Waals surface area contributed by atoms with Crippen LogP contribution in [0.3, 0.4) is 0 Å². The molecule has 4 aromatic carbocycles. The van der Waals surface area contributed by atoms with Crippen molar-refractivity contribution in [3.63, 3.8) is 0 Å². The Balaban J connectivity index is 1.26. The minimum Gasteiger partial charge on any atom is -0.497 e. The average Bonchev–Trinajstić information content (AvgIpc) is 3.84. The second-order valence-electron chi connectivity index (χ2n) is 15.0. The summed E-state index contributed by atoms with van der Waals surface area (Å²) in [6, 6.07) is 31.4. The van der Waals surface area contributed by atoms with E-state index in [9.17, 15) is 9.90 Å². The Morgan fingerprint density at radius 2 is 1.72 bits per heavy atom. The van der Waals surface area contributed by atoms with Crippen LogP contribution in [-0.4, -0.2) is 58.3 Å². The second-order valence-corrected chi connectivity index (χ2v) is 15.0. The molecule has 1 spiro atoms. The molecule has 1 aromatic heterocycles. The molecule has 1 N–H and O–H groups in total. The van der Waals surface area contributed by atoms with Gasteiger partial charge in [0.05, 0.1) is 36.8 Å². The Morgan fingerprint density at radius 3 is 2.48 bits per heavy atom. The molecule has 5 aromatic rings. The Kier molecular flexibility index (Phi) is 9.23. The first kappa shape index (κ1) is 35.5. The van der Waals surface area contributed by atoms with E-state index in [1.165, 1.54) is 0 Å². The smallest absolute Gasteiger partial charge is 0.269 e. The lowest BCUT2D eigenvalue weighted by molar-refractivity contribution is -0.146. The van der Waals surface area contributed by atoms with Crippen molar-refractivity contribution in [3.05, 3.63) is 126 Å². The average molecular weight is 728 g/mol. The highest BCUT2D eigenvalue weighted by Crippen LogP contribution is 2.60. The number of aliphatic hydroxyl groups is 1. The number of hydrogen-bond acceptors (Lipinski definition) is 8. The number of para-hydroxylation sites is 2. The molecule has 278 valence electrons. The van der Waals surface area contributed by atoms with Gasteiger partial charge in [-0.05, 0) is 65.4 Å². The number of hydrogen-bond donors (Lipinski definition) is 1. The van der Waals surface area contributed by atoms with Crippen LogP contribution in [0.1, 0.15) is 49.6 Å². The predicted molar refractivity (Wildman–Crippen MR) is 204 cm³/mol. The quantitative estimate of drug-likeness (QED) is 0.168. The third kappa shape index (κ3) is 5.92. The van der Waals surface area contributed by atoms with Gasteiger partial charge < -0.3 is 24.2 Å². The molecule has 0 aliphatic carbocycles. The molecule has 3 aliphatic heterocycles. The van der Waals surface area contributed by atoms with Crippen LogP contribution in [0.2, 0.25) is 0 Å². The number of anilines is 3. The van der Waals surface area contributed by atoms with Gasteiger partial charge in [-0.15, -0.1) is 5.10 Å². The van der Waals surface area contributed by atoms with Crippen molar-refractivity contribution in [2.24, 2.45) is 11.8 Å². The number of aryl methyl sites for hydroxylation is 1. The minimum atomic E-state index is -1.35. The molecule has 1 saturated heterocycles. The van der Waals surface area contributed by atoms with Crippen LogP contribution < -0.4 is 19.3 Å². The summed E-state index contributed by atoms with van der Waals surface area (Å²) >= 11 is 0. The summed E-state index contributed by atoms with van der Waals surface area (Å²) in [7, 11) is 1.66. The maximum Gasteiger partial charge on any atom is 0.269 e. The lowest BCUT2D eigenvalue weighted by Gasteiger charge is -2.39. The van der Waals surface area contributed by atoms with Gasteiger partial charge in [0.1, 0.15) is 11.5 Å². The first-order valence-electron chi connectivity index (χ1n) is 18.5. The number of methoxy groups -OCH3 is 1. The largest absolute Gasteiger partial charge is 0.497 e. The molecule has 4 heterocycles. The van der Waals surface area contributed by atoms with E-state index >= 15 is 4.79 Å². The van der Waals surface area contributed by atoms with Crippen molar-refractivity contribution >= 4 is 28.9 Å². The first-order valence-corrected chi connectivity index (χ1v) is 18.5. The number of aromatic nitrogens is 3. The fraction of sp³-hybridized carbons (Fsp3) is 0.349. The number of carbonyl (C=O) groups is 2. The first-order chi connectivity index (χ1) is 26.1. The zero-order chi connectivity index (χ0) is 37.6. The summed E-state index contributed by atoms with van der Waals surface area (Å²) in [6.07, 6.45) is 2.48. The van der Waals surface area contributed by atoms with Crippen molar-refractivity contribution in [2.45, 2.75) is 63.8 Å². The molecule has 54 heavy (non-hydrogen) atoms. The van der Waals surface area contributed by atoms with Gasteiger partial charge in [0.15, 0.2) is 12.2 Å². The standard InChI is InChI=1S/C43H45N5O6/c1-28-40(42(2,3)30-14-17-33(52-4)18-15-30)38(20-22-46-26-31(21-23-49)44-45-46)54-43(28)34-24-32(48-36-12-8-9-13-37(36)53-27-39(48)50)16-19-35(34)47(41(43)51)25-29-10-6-5-7-11-29/h5-19,24,26,28,38,40,49H,20-23,25,27H2,1-4H3/t28-,38+,40-,43+/m1/s1. The molecule has 1 fully saturated rings. The number of amides is 2. The van der Waals surface area contributed by atoms with Crippen molar-refractivity contribution in [1.82, 2.24) is 15.0 Å². The number of aliphatic hydroxyl groups excluding tert-OH is 1. The van der Waals surface area contributed by atoms with Crippen molar-refractivity contribution in [2.75, 3.05) is 30.1 Å². The number of ether oxygens (including phenoxy) is 3. The zero-order valence-electron chi connectivity index (χ0n) is 31.0. The summed E-state index contributed by atoms with van der Waals surface area (Å²) in [5, 5.41) is 18.0. The maximum atomic E-state index is 15.4. The van der Waals surface area contributed by atoms with Crippen LogP contribution in [0.4, 0.5) is 17.1 Å². The van der Waals surface area contributed by atoms with Crippen LogP contribution in [0.5, 0.6) is 11.5 Å². The van der Waals surface area contributed by atoms with E-state index in [-0.39, 0.29) is 43.0 Å². The highest BCUT2D eigenvalue weighted by atomic mass is 16.5. The Bertz CT molecular complexity index is 2170. The summed E-state index contributed by atoms with van der Waals surface area (Å²) in [5.74, 6) is 0.647. The van der Waals surface area contributed by atoms with Gasteiger partial charge in [-0.2, -0.15) is 0 Å². The summed E-state index contributed by atoms with van der Waals surface area (Å²) in [4.78, 5) is 32.5. The fourth-order valence-corrected chi connectivity index (χ4v) is 8.96. The lowest BCUT2D eigenvalue weighted by Crippen LogP contribution is -2.45. The van der Waals surface area contributed by atoms with Gasteiger partial charge in [0.2, 0.25) is 0 Å².